The number of nitrogens with one attached hydrogen (secondary N) is 1. The van der Waals surface area contributed by atoms with E-state index in [0.29, 0.717) is 0 Å². The van der Waals surface area contributed by atoms with E-state index in [0.717, 1.165) is 12.3 Å². The lowest BCUT2D eigenvalue weighted by molar-refractivity contribution is -0.137. The molecule has 6 heteroatoms. The zero-order valence-corrected chi connectivity index (χ0v) is 7.56. The molecule has 0 saturated heterocycles. The third-order valence-electron chi connectivity index (χ3n) is 0.877. The molecule has 0 aromatic carbocycles. The van der Waals surface area contributed by atoms with Gasteiger partial charge in [0.25, 0.3) is 0 Å². The summed E-state index contributed by atoms with van der Waals surface area (Å²) in [5.74, 6) is -0.565. The van der Waals surface area contributed by atoms with Crippen LogP contribution in [-0.2, 0) is 19.6 Å². The van der Waals surface area contributed by atoms with Gasteiger partial charge in [0.2, 0.25) is 10.0 Å². The highest BCUT2D eigenvalue weighted by Crippen LogP contribution is 1.79. The van der Waals surface area contributed by atoms with Crippen molar-refractivity contribution in [3.8, 4) is 0 Å². The van der Waals surface area contributed by atoms with Crippen LogP contribution in [-0.4, -0.2) is 33.8 Å². The first-order chi connectivity index (χ1) is 5.45. The first-order valence-corrected chi connectivity index (χ1v) is 5.08. The largest absolute Gasteiger partial charge is 0.461 e. The van der Waals surface area contributed by atoms with Crippen LogP contribution in [0.5, 0.6) is 0 Å². The van der Waals surface area contributed by atoms with Crippen molar-refractivity contribution in [2.24, 2.45) is 0 Å². The van der Waals surface area contributed by atoms with E-state index in [1.807, 2.05) is 0 Å². The number of sulfonamides is 1. The molecule has 0 amide bonds. The molecule has 0 saturated carbocycles. The van der Waals surface area contributed by atoms with Gasteiger partial charge in [0.05, 0.1) is 6.26 Å². The Hall–Kier alpha value is -0.880. The molecule has 0 aromatic rings. The molecule has 0 aromatic heterocycles. The molecule has 0 radical (unpaired) electrons. The first kappa shape index (κ1) is 14.6. The smallest absolute Gasteiger partial charge is 0.330 e. The van der Waals surface area contributed by atoms with Crippen LogP contribution in [0.3, 0.4) is 0 Å². The van der Waals surface area contributed by atoms with Crippen molar-refractivity contribution in [1.82, 2.24) is 4.72 Å². The van der Waals surface area contributed by atoms with Gasteiger partial charge in [-0.05, 0) is 0 Å². The molecule has 5 nitrogen and oxygen atoms in total. The second kappa shape index (κ2) is 6.62. The molecule has 0 aliphatic heterocycles. The van der Waals surface area contributed by atoms with Crippen LogP contribution in [0.25, 0.3) is 0 Å². The number of rotatable bonds is 5. The number of esters is 1. The summed E-state index contributed by atoms with van der Waals surface area (Å²) in [4.78, 5) is 10.4. The minimum Gasteiger partial charge on any atom is -0.461 e. The molecule has 0 fully saturated rings. The second-order valence-electron chi connectivity index (χ2n) is 2.04. The number of hydrogen-bond donors (Lipinski definition) is 1. The molecule has 0 atom stereocenters. The van der Waals surface area contributed by atoms with Crippen LogP contribution in [0, 0.1) is 0 Å². The lowest BCUT2D eigenvalue weighted by Gasteiger charge is -2.01. The van der Waals surface area contributed by atoms with Gasteiger partial charge < -0.3 is 4.74 Å². The van der Waals surface area contributed by atoms with Gasteiger partial charge in [0.1, 0.15) is 6.61 Å². The third-order valence-corrected chi connectivity index (χ3v) is 1.61. The standard InChI is InChI=1S/C6H11NO4S.CH4/c1-3-6(8)11-5-4-7-12(2,9)10;/h3,7H,1,4-5H2,2H3;1H4. The first-order valence-electron chi connectivity index (χ1n) is 3.19. The van der Waals surface area contributed by atoms with Gasteiger partial charge in [-0.25, -0.2) is 17.9 Å². The summed E-state index contributed by atoms with van der Waals surface area (Å²) < 4.78 is 27.6. The van der Waals surface area contributed by atoms with Crippen LogP contribution in [0.4, 0.5) is 0 Å². The molecule has 0 heterocycles. The number of ether oxygens (including phenoxy) is 1. The fourth-order valence-electron chi connectivity index (χ4n) is 0.438. The number of carbonyl (C=O) groups excluding carboxylic acids is 1. The molecule has 1 N–H and O–H groups in total. The van der Waals surface area contributed by atoms with Crippen LogP contribution < -0.4 is 4.72 Å². The van der Waals surface area contributed by atoms with Crippen LogP contribution in [0.15, 0.2) is 12.7 Å². The van der Waals surface area contributed by atoms with Crippen LogP contribution in [0.2, 0.25) is 0 Å². The molecule has 0 aliphatic carbocycles. The highest BCUT2D eigenvalue weighted by atomic mass is 32.2. The summed E-state index contributed by atoms with van der Waals surface area (Å²) in [6.07, 6.45) is 2.04. The van der Waals surface area contributed by atoms with Crippen molar-refractivity contribution >= 4 is 16.0 Å². The Labute approximate surface area is 78.8 Å². The third kappa shape index (κ3) is 11.1. The SMILES string of the molecule is C.C=CC(=O)OCCNS(C)(=O)=O. The molecule has 0 aliphatic rings. The Balaban J connectivity index is 0. The maximum Gasteiger partial charge on any atom is 0.330 e. The van der Waals surface area contributed by atoms with E-state index in [1.54, 1.807) is 0 Å². The van der Waals surface area contributed by atoms with Gasteiger partial charge in [-0.3, -0.25) is 0 Å². The average Bonchev–Trinajstić information content (AvgIpc) is 1.96. The van der Waals surface area contributed by atoms with Crippen molar-refractivity contribution in [2.75, 3.05) is 19.4 Å². The molecule has 13 heavy (non-hydrogen) atoms. The fraction of sp³-hybridized carbons (Fsp3) is 0.571. The normalized spacial score (nSPS) is 9.92. The Kier molecular flexibility index (Phi) is 7.45. The van der Waals surface area contributed by atoms with E-state index in [-0.39, 0.29) is 20.6 Å². The van der Waals surface area contributed by atoms with Crippen molar-refractivity contribution in [3.05, 3.63) is 12.7 Å². The molecule has 0 rings (SSSR count). The van der Waals surface area contributed by atoms with Crippen molar-refractivity contribution in [2.45, 2.75) is 7.43 Å². The molecule has 0 bridgehead atoms. The summed E-state index contributed by atoms with van der Waals surface area (Å²) in [5, 5.41) is 0. The highest BCUT2D eigenvalue weighted by molar-refractivity contribution is 7.88. The topological polar surface area (TPSA) is 72.5 Å². The Morgan fingerprint density at radius 1 is 1.62 bits per heavy atom. The van der Waals surface area contributed by atoms with Gasteiger partial charge in [-0.15, -0.1) is 0 Å². The second-order valence-corrected chi connectivity index (χ2v) is 3.87. The number of hydrogen-bond acceptors (Lipinski definition) is 4. The van der Waals surface area contributed by atoms with Crippen molar-refractivity contribution in [3.63, 3.8) is 0 Å². The lowest BCUT2D eigenvalue weighted by atomic mass is 10.6. The van der Waals surface area contributed by atoms with Gasteiger partial charge in [-0.1, -0.05) is 14.0 Å². The van der Waals surface area contributed by atoms with E-state index in [2.05, 4.69) is 16.0 Å². The van der Waals surface area contributed by atoms with E-state index in [9.17, 15) is 13.2 Å². The van der Waals surface area contributed by atoms with E-state index in [4.69, 9.17) is 0 Å². The minimum atomic E-state index is -3.20. The van der Waals surface area contributed by atoms with Gasteiger partial charge in [0, 0.05) is 12.6 Å². The van der Waals surface area contributed by atoms with Gasteiger partial charge in [0.15, 0.2) is 0 Å². The lowest BCUT2D eigenvalue weighted by Crippen LogP contribution is -2.26. The zero-order valence-electron chi connectivity index (χ0n) is 6.74. The predicted molar refractivity (Wildman–Crippen MR) is 50.7 cm³/mol. The minimum absolute atomic E-state index is 0. The van der Waals surface area contributed by atoms with Crippen LogP contribution >= 0.6 is 0 Å². The molecule has 0 spiro atoms. The molecule has 78 valence electrons. The van der Waals surface area contributed by atoms with Gasteiger partial charge in [-0.2, -0.15) is 0 Å². The van der Waals surface area contributed by atoms with E-state index < -0.39 is 16.0 Å². The molecular weight excluding hydrogens is 194 g/mol. The summed E-state index contributed by atoms with van der Waals surface area (Å²) in [6.45, 7) is 3.27. The zero-order chi connectivity index (χ0) is 9.61. The van der Waals surface area contributed by atoms with Crippen LogP contribution in [0.1, 0.15) is 7.43 Å². The fourth-order valence-corrected chi connectivity index (χ4v) is 0.892. The quantitative estimate of drug-likeness (QED) is 0.390. The molecule has 0 unspecified atom stereocenters. The van der Waals surface area contributed by atoms with E-state index >= 15 is 0 Å². The Bertz CT molecular complexity index is 258. The van der Waals surface area contributed by atoms with E-state index in [1.165, 1.54) is 0 Å². The predicted octanol–water partition coefficient (Wildman–Crippen LogP) is -0.0991. The maximum absolute atomic E-state index is 10.5. The Morgan fingerprint density at radius 3 is 2.54 bits per heavy atom. The number of carbonyl (C=O) groups is 1. The maximum atomic E-state index is 10.5. The van der Waals surface area contributed by atoms with Gasteiger partial charge >= 0.3 is 5.97 Å². The van der Waals surface area contributed by atoms with Crippen molar-refractivity contribution in [1.29, 1.82) is 0 Å². The summed E-state index contributed by atoms with van der Waals surface area (Å²) >= 11 is 0. The summed E-state index contributed by atoms with van der Waals surface area (Å²) in [5.41, 5.74) is 0. The molecular formula is C7H15NO4S. The monoisotopic (exact) mass is 209 g/mol. The Morgan fingerprint density at radius 2 is 2.15 bits per heavy atom. The average molecular weight is 209 g/mol. The summed E-state index contributed by atoms with van der Waals surface area (Å²) in [7, 11) is -3.20. The van der Waals surface area contributed by atoms with Crippen molar-refractivity contribution < 1.29 is 17.9 Å². The summed E-state index contributed by atoms with van der Waals surface area (Å²) in [6, 6.07) is 0. The highest BCUT2D eigenvalue weighted by Gasteiger charge is 1.99.